The number of thioether (sulfide) groups is 1. The molecule has 0 heterocycles. The van der Waals surface area contributed by atoms with Crippen LogP contribution in [-0.4, -0.2) is 66.1 Å². The molecule has 2 unspecified atom stereocenters. The van der Waals surface area contributed by atoms with Gasteiger partial charge in [0.15, 0.2) is 0 Å². The van der Waals surface area contributed by atoms with E-state index in [0.29, 0.717) is 16.9 Å². The Morgan fingerprint density at radius 3 is 2.26 bits per heavy atom. The van der Waals surface area contributed by atoms with Gasteiger partial charge in [-0.3, -0.25) is 19.3 Å². The van der Waals surface area contributed by atoms with Crippen molar-refractivity contribution in [3.8, 4) is 24.8 Å². The Hall–Kier alpha value is -3.63. The van der Waals surface area contributed by atoms with Crippen molar-refractivity contribution < 1.29 is 28.7 Å². The quantitative estimate of drug-likeness (QED) is 0.287. The molecule has 0 bridgehead atoms. The predicted octanol–water partition coefficient (Wildman–Crippen LogP) is 2.06. The highest BCUT2D eigenvalue weighted by Crippen LogP contribution is 2.23. The standard InChI is InChI=1S/C25H31N3O6S/c1-8-17-10-12-18(13-11-17)21(22(30)26-16-20(29)33-6)28(9-2)23(31)19(14-15-35-7)27-24(32)34-25(3,4)5/h1-2,10-13,19,21H,14-16H2,3-7H3,(H,26,30)(H,27,32). The van der Waals surface area contributed by atoms with Crippen molar-refractivity contribution in [3.05, 3.63) is 35.4 Å². The summed E-state index contributed by atoms with van der Waals surface area (Å²) in [7, 11) is 1.18. The van der Waals surface area contributed by atoms with E-state index in [2.05, 4.69) is 27.3 Å². The highest BCUT2D eigenvalue weighted by molar-refractivity contribution is 7.98. The van der Waals surface area contributed by atoms with Gasteiger partial charge in [-0.25, -0.2) is 4.79 Å². The van der Waals surface area contributed by atoms with Crippen LogP contribution in [0.5, 0.6) is 0 Å². The second-order valence-electron chi connectivity index (χ2n) is 8.28. The van der Waals surface area contributed by atoms with Gasteiger partial charge in [0.25, 0.3) is 5.91 Å². The van der Waals surface area contributed by atoms with Crippen molar-refractivity contribution in [2.75, 3.05) is 25.7 Å². The monoisotopic (exact) mass is 501 g/mol. The Kier molecular flexibility index (Phi) is 11.7. The molecule has 0 spiro atoms. The van der Waals surface area contributed by atoms with Crippen LogP contribution in [0.3, 0.4) is 0 Å². The largest absolute Gasteiger partial charge is 0.468 e. The number of esters is 1. The summed E-state index contributed by atoms with van der Waals surface area (Å²) in [6.45, 7) is 4.66. The molecule has 0 saturated carbocycles. The highest BCUT2D eigenvalue weighted by atomic mass is 32.2. The number of hydrogen-bond acceptors (Lipinski definition) is 7. The van der Waals surface area contributed by atoms with Crippen molar-refractivity contribution in [2.24, 2.45) is 0 Å². The maximum Gasteiger partial charge on any atom is 0.408 e. The first-order chi connectivity index (χ1) is 16.5. The van der Waals surface area contributed by atoms with E-state index in [1.807, 2.05) is 6.26 Å². The molecule has 0 aliphatic carbocycles. The van der Waals surface area contributed by atoms with Gasteiger partial charge < -0.3 is 20.1 Å². The van der Waals surface area contributed by atoms with E-state index in [-0.39, 0.29) is 6.42 Å². The van der Waals surface area contributed by atoms with Crippen molar-refractivity contribution in [3.63, 3.8) is 0 Å². The smallest absolute Gasteiger partial charge is 0.408 e. The molecule has 35 heavy (non-hydrogen) atoms. The van der Waals surface area contributed by atoms with E-state index >= 15 is 0 Å². The number of methoxy groups -OCH3 is 1. The number of carbonyl (C=O) groups excluding carboxylic acids is 4. The molecule has 188 valence electrons. The minimum atomic E-state index is -1.30. The molecule has 0 radical (unpaired) electrons. The number of amides is 3. The van der Waals surface area contributed by atoms with Crippen LogP contribution in [-0.2, 0) is 23.9 Å². The van der Waals surface area contributed by atoms with E-state index in [0.717, 1.165) is 4.90 Å². The molecule has 0 saturated heterocycles. The topological polar surface area (TPSA) is 114 Å². The fraction of sp³-hybridized carbons (Fsp3) is 0.440. The summed E-state index contributed by atoms with van der Waals surface area (Å²) in [6.07, 6.45) is 12.4. The number of ether oxygens (including phenoxy) is 2. The highest BCUT2D eigenvalue weighted by Gasteiger charge is 2.35. The minimum absolute atomic E-state index is 0.240. The van der Waals surface area contributed by atoms with E-state index in [1.165, 1.54) is 18.9 Å². The molecule has 0 aliphatic rings. The molecular formula is C25H31N3O6S. The van der Waals surface area contributed by atoms with Gasteiger partial charge in [-0.1, -0.05) is 24.5 Å². The van der Waals surface area contributed by atoms with E-state index in [9.17, 15) is 19.2 Å². The fourth-order valence-electron chi connectivity index (χ4n) is 2.88. The zero-order chi connectivity index (χ0) is 26.6. The molecular weight excluding hydrogens is 470 g/mol. The van der Waals surface area contributed by atoms with Crippen LogP contribution < -0.4 is 10.6 Å². The number of carbonyl (C=O) groups is 4. The molecule has 10 heteroatoms. The summed E-state index contributed by atoms with van der Waals surface area (Å²) in [4.78, 5) is 51.5. The van der Waals surface area contributed by atoms with Gasteiger partial charge in [-0.05, 0) is 56.9 Å². The summed E-state index contributed by atoms with van der Waals surface area (Å²) < 4.78 is 9.83. The van der Waals surface area contributed by atoms with Gasteiger partial charge >= 0.3 is 12.1 Å². The number of benzene rings is 1. The maximum absolute atomic E-state index is 13.5. The molecule has 0 aliphatic heterocycles. The Morgan fingerprint density at radius 2 is 1.77 bits per heavy atom. The molecule has 9 nitrogen and oxygen atoms in total. The first kappa shape index (κ1) is 29.4. The Balaban J connectivity index is 3.35. The lowest BCUT2D eigenvalue weighted by molar-refractivity contribution is -0.142. The van der Waals surface area contributed by atoms with Gasteiger partial charge in [0, 0.05) is 11.6 Å². The molecule has 1 aromatic rings. The second kappa shape index (κ2) is 13.9. The maximum atomic E-state index is 13.5. The first-order valence-corrected chi connectivity index (χ1v) is 12.1. The number of terminal acetylenes is 2. The average Bonchev–Trinajstić information content (AvgIpc) is 2.81. The lowest BCUT2D eigenvalue weighted by atomic mass is 10.0. The second-order valence-corrected chi connectivity index (χ2v) is 9.27. The summed E-state index contributed by atoms with van der Waals surface area (Å²) >= 11 is 1.47. The van der Waals surface area contributed by atoms with Gasteiger partial charge in [0.2, 0.25) is 5.91 Å². The van der Waals surface area contributed by atoms with Crippen LogP contribution >= 0.6 is 11.8 Å². The lowest BCUT2D eigenvalue weighted by Crippen LogP contribution is -2.52. The van der Waals surface area contributed by atoms with Gasteiger partial charge in [-0.15, -0.1) is 6.42 Å². The van der Waals surface area contributed by atoms with E-state index in [1.54, 1.807) is 45.0 Å². The molecule has 2 N–H and O–H groups in total. The van der Waals surface area contributed by atoms with Gasteiger partial charge in [-0.2, -0.15) is 11.8 Å². The molecule has 1 aromatic carbocycles. The third kappa shape index (κ3) is 9.63. The number of alkyl carbamates (subject to hydrolysis) is 1. The summed E-state index contributed by atoms with van der Waals surface area (Å²) in [6, 6.07) is 6.21. The van der Waals surface area contributed by atoms with Crippen molar-refractivity contribution >= 4 is 35.6 Å². The Labute approximate surface area is 210 Å². The summed E-state index contributed by atoms with van der Waals surface area (Å²) in [5, 5.41) is 4.98. The number of nitrogens with zero attached hydrogens (tertiary/aromatic N) is 1. The third-order valence-electron chi connectivity index (χ3n) is 4.51. The molecule has 2 atom stereocenters. The molecule has 1 rings (SSSR count). The SMILES string of the molecule is C#Cc1ccc(C(C(=O)NCC(=O)OC)N(C#C)C(=O)C(CCSC)NC(=O)OC(C)(C)C)cc1. The van der Waals surface area contributed by atoms with Crippen LogP contribution in [0.4, 0.5) is 4.79 Å². The number of rotatable bonds is 10. The molecule has 0 aromatic heterocycles. The van der Waals surface area contributed by atoms with E-state index < -0.39 is 48.1 Å². The van der Waals surface area contributed by atoms with Crippen LogP contribution in [0, 0.1) is 24.8 Å². The Morgan fingerprint density at radius 1 is 1.14 bits per heavy atom. The molecule has 0 fully saturated rings. The van der Waals surface area contributed by atoms with Gasteiger partial charge in [0.05, 0.1) is 7.11 Å². The Bertz CT molecular complexity index is 988. The average molecular weight is 502 g/mol. The number of nitrogens with one attached hydrogen (secondary N) is 2. The summed E-state index contributed by atoms with van der Waals surface area (Å²) in [5.74, 6) is 0.921. The normalized spacial score (nSPS) is 12.2. The van der Waals surface area contributed by atoms with E-state index in [4.69, 9.17) is 17.6 Å². The fourth-order valence-corrected chi connectivity index (χ4v) is 3.36. The molecule has 3 amide bonds. The van der Waals surface area contributed by atoms with Crippen molar-refractivity contribution in [1.29, 1.82) is 0 Å². The van der Waals surface area contributed by atoms with Crippen LogP contribution in [0.25, 0.3) is 0 Å². The number of hydrogen-bond donors (Lipinski definition) is 2. The summed E-state index contributed by atoms with van der Waals surface area (Å²) in [5.41, 5.74) is 0.141. The van der Waals surface area contributed by atoms with Crippen LogP contribution in [0.2, 0.25) is 0 Å². The first-order valence-electron chi connectivity index (χ1n) is 10.7. The van der Waals surface area contributed by atoms with Crippen LogP contribution in [0.1, 0.15) is 44.4 Å². The zero-order valence-corrected chi connectivity index (χ0v) is 21.4. The zero-order valence-electron chi connectivity index (χ0n) is 20.5. The van der Waals surface area contributed by atoms with Crippen molar-refractivity contribution in [2.45, 2.75) is 44.9 Å². The van der Waals surface area contributed by atoms with Crippen LogP contribution in [0.15, 0.2) is 24.3 Å². The van der Waals surface area contributed by atoms with Gasteiger partial charge in [0.1, 0.15) is 24.2 Å². The third-order valence-corrected chi connectivity index (χ3v) is 5.15. The minimum Gasteiger partial charge on any atom is -0.468 e. The van der Waals surface area contributed by atoms with Crippen molar-refractivity contribution in [1.82, 2.24) is 15.5 Å². The predicted molar refractivity (Wildman–Crippen MR) is 134 cm³/mol. The lowest BCUT2D eigenvalue weighted by Gasteiger charge is -2.30.